The first-order chi connectivity index (χ1) is 28.1. The number of esters is 1. The van der Waals surface area contributed by atoms with Crippen molar-refractivity contribution in [2.45, 2.75) is 180 Å². The predicted molar refractivity (Wildman–Crippen MR) is 224 cm³/mol. The van der Waals surface area contributed by atoms with Gasteiger partial charge in [0.05, 0.1) is 30.5 Å². The summed E-state index contributed by atoms with van der Waals surface area (Å²) in [7, 11) is 1.63. The molecule has 3 N–H and O–H groups in total. The fourth-order valence-electron chi connectivity index (χ4n) is 8.98. The second-order valence-electron chi connectivity index (χ2n) is 17.8. The maximum atomic E-state index is 14.0. The third kappa shape index (κ3) is 14.7. The van der Waals surface area contributed by atoms with Crippen molar-refractivity contribution >= 4 is 29.2 Å². The number of carbonyl (C=O) groups excluding carboxylic acids is 5. The lowest BCUT2D eigenvalue weighted by Crippen LogP contribution is -2.54. The minimum atomic E-state index is -1.06. The van der Waals surface area contributed by atoms with Crippen LogP contribution < -0.4 is 0 Å². The van der Waals surface area contributed by atoms with Gasteiger partial charge < -0.3 is 34.4 Å². The van der Waals surface area contributed by atoms with Crippen LogP contribution in [-0.4, -0.2) is 112 Å². The summed E-state index contributed by atoms with van der Waals surface area (Å²) in [6.45, 7) is 9.51. The Balaban J connectivity index is 1.59. The van der Waals surface area contributed by atoms with E-state index in [0.29, 0.717) is 89.0 Å². The molecular weight excluding hydrogens is 755 g/mol. The van der Waals surface area contributed by atoms with Crippen LogP contribution in [0.2, 0.25) is 0 Å². The summed E-state index contributed by atoms with van der Waals surface area (Å²) in [5.41, 5.74) is 1.48. The quantitative estimate of drug-likeness (QED) is 0.170. The standard InChI is InChI=1S/C47H71NO11/c1-29-13-8-7-9-14-30(2)44(57-6)27-35-15-12-17-43(58-35)45(54)46(55)48-22-11-10-16-37(48)47(56)59-36(20-18-34-19-21-38(49)42(53)25-34)26-39(50)32(4)24-33(5)41(52)28-40(51)31(3)23-29/h7-9,13-14,24,29,31-32,34-38,41-44,49,52-53H,10-12,15-23,25-28H2,1-6H3/b9-7?,13-8+,30-14?,33-24+/t29-,31-,32-,34-,35?,36-,37+,38-,41+,42-,43?,44+/m1/s1. The normalized spacial score (nSPS) is 37.5. The molecule has 59 heavy (non-hydrogen) atoms. The van der Waals surface area contributed by atoms with Crippen molar-refractivity contribution in [3.05, 3.63) is 47.6 Å². The van der Waals surface area contributed by atoms with Crippen LogP contribution in [0, 0.1) is 23.7 Å². The number of aliphatic hydroxyl groups is 3. The number of cyclic esters (lactones) is 1. The zero-order valence-corrected chi connectivity index (χ0v) is 36.3. The van der Waals surface area contributed by atoms with Gasteiger partial charge in [-0.2, -0.15) is 0 Å². The highest BCUT2D eigenvalue weighted by molar-refractivity contribution is 6.38. The molecule has 2 unspecified atom stereocenters. The summed E-state index contributed by atoms with van der Waals surface area (Å²) >= 11 is 0. The summed E-state index contributed by atoms with van der Waals surface area (Å²) in [6, 6.07) is -0.994. The van der Waals surface area contributed by atoms with Crippen molar-refractivity contribution in [2.75, 3.05) is 13.7 Å². The number of nitrogens with zero attached hydrogens (tertiary/aromatic N) is 1. The Morgan fingerprint density at radius 1 is 0.780 bits per heavy atom. The third-order valence-electron chi connectivity index (χ3n) is 12.9. The number of carbonyl (C=O) groups is 5. The van der Waals surface area contributed by atoms with Gasteiger partial charge in [0.1, 0.15) is 29.8 Å². The van der Waals surface area contributed by atoms with Gasteiger partial charge in [-0.25, -0.2) is 4.79 Å². The van der Waals surface area contributed by atoms with Crippen LogP contribution in [0.3, 0.4) is 0 Å². The van der Waals surface area contributed by atoms with E-state index in [2.05, 4.69) is 0 Å². The van der Waals surface area contributed by atoms with Gasteiger partial charge in [0.2, 0.25) is 5.78 Å². The molecule has 2 saturated heterocycles. The van der Waals surface area contributed by atoms with Crippen molar-refractivity contribution in [3.8, 4) is 0 Å². The van der Waals surface area contributed by atoms with Crippen molar-refractivity contribution in [1.29, 1.82) is 0 Å². The molecule has 1 aliphatic carbocycles. The molecule has 12 nitrogen and oxygen atoms in total. The van der Waals surface area contributed by atoms with Gasteiger partial charge in [-0.05, 0) is 114 Å². The predicted octanol–water partition coefficient (Wildman–Crippen LogP) is 6.09. The van der Waals surface area contributed by atoms with Crippen LogP contribution in [0.25, 0.3) is 0 Å². The van der Waals surface area contributed by atoms with E-state index in [-0.39, 0.29) is 60.9 Å². The van der Waals surface area contributed by atoms with Gasteiger partial charge in [-0.3, -0.25) is 19.2 Å². The summed E-state index contributed by atoms with van der Waals surface area (Å²) in [6.07, 6.45) is 13.2. The van der Waals surface area contributed by atoms with E-state index in [0.717, 1.165) is 5.57 Å². The molecule has 0 radical (unpaired) electrons. The Hall–Kier alpha value is -3.29. The number of rotatable bonds is 4. The molecule has 330 valence electrons. The van der Waals surface area contributed by atoms with E-state index >= 15 is 0 Å². The number of ether oxygens (including phenoxy) is 3. The van der Waals surface area contributed by atoms with E-state index in [9.17, 15) is 39.3 Å². The maximum Gasteiger partial charge on any atom is 0.329 e. The Labute approximate surface area is 351 Å². The van der Waals surface area contributed by atoms with Crippen LogP contribution >= 0.6 is 0 Å². The number of hydrogen-bond donors (Lipinski definition) is 3. The molecule has 3 heterocycles. The van der Waals surface area contributed by atoms with Crippen LogP contribution in [0.4, 0.5) is 0 Å². The zero-order valence-electron chi connectivity index (χ0n) is 36.3. The molecule has 12 heteroatoms. The monoisotopic (exact) mass is 826 g/mol. The van der Waals surface area contributed by atoms with Crippen LogP contribution in [0.1, 0.15) is 131 Å². The number of fused-ring (bicyclic) bond motifs is 3. The van der Waals surface area contributed by atoms with Crippen LogP contribution in [-0.2, 0) is 38.2 Å². The number of piperidine rings is 1. The largest absolute Gasteiger partial charge is 0.460 e. The van der Waals surface area contributed by atoms with Gasteiger partial charge in [0.25, 0.3) is 5.91 Å². The van der Waals surface area contributed by atoms with Gasteiger partial charge in [0, 0.05) is 44.8 Å². The fourth-order valence-corrected chi connectivity index (χ4v) is 8.98. The maximum absolute atomic E-state index is 14.0. The highest BCUT2D eigenvalue weighted by atomic mass is 16.5. The molecule has 0 spiro atoms. The average molecular weight is 826 g/mol. The molecular formula is C47H71NO11. The molecule has 12 atom stereocenters. The van der Waals surface area contributed by atoms with Crippen molar-refractivity contribution in [1.82, 2.24) is 4.90 Å². The topological polar surface area (TPSA) is 177 Å². The highest BCUT2D eigenvalue weighted by Crippen LogP contribution is 2.31. The first kappa shape index (κ1) is 48.4. The van der Waals surface area contributed by atoms with Crippen molar-refractivity contribution < 1.29 is 53.5 Å². The number of methoxy groups -OCH3 is 1. The van der Waals surface area contributed by atoms with E-state index in [4.69, 9.17) is 14.2 Å². The molecule has 3 aliphatic heterocycles. The highest BCUT2D eigenvalue weighted by Gasteiger charge is 2.41. The smallest absolute Gasteiger partial charge is 0.329 e. The Morgan fingerprint density at radius 3 is 2.27 bits per heavy atom. The molecule has 0 aromatic heterocycles. The zero-order chi connectivity index (χ0) is 43.2. The molecule has 0 aromatic carbocycles. The number of allylic oxidation sites excluding steroid dienone is 6. The lowest BCUT2D eigenvalue weighted by molar-refractivity contribution is -0.167. The van der Waals surface area contributed by atoms with E-state index < -0.39 is 60.1 Å². The van der Waals surface area contributed by atoms with Crippen molar-refractivity contribution in [2.24, 2.45) is 23.7 Å². The minimum Gasteiger partial charge on any atom is -0.460 e. The minimum absolute atomic E-state index is 0.0612. The van der Waals surface area contributed by atoms with Gasteiger partial charge in [0.15, 0.2) is 0 Å². The van der Waals surface area contributed by atoms with Gasteiger partial charge >= 0.3 is 5.97 Å². The average Bonchev–Trinajstić information content (AvgIpc) is 3.21. The number of aliphatic hydroxyl groups excluding tert-OH is 3. The lowest BCUT2D eigenvalue weighted by Gasteiger charge is -2.36. The first-order valence-corrected chi connectivity index (χ1v) is 22.1. The SMILES string of the molecule is CO[C@H]1CC2CCCC(O2)C(=O)C(=O)N2CCCC[C@H]2C(=O)O[C@H](CC[C@@H]2CC[C@@H](O)[C@H](O)C2)CC(=O)[C@H](C)/C=C(\C)[C@@H](O)CC(=O)[C@H](C)C[C@H](C)/C=C/C=CC=C1C. The fraction of sp³-hybridized carbons (Fsp3) is 0.723. The molecule has 4 rings (SSSR count). The molecule has 3 fully saturated rings. The van der Waals surface area contributed by atoms with E-state index in [1.165, 1.54) is 4.90 Å². The van der Waals surface area contributed by atoms with Crippen LogP contribution in [0.15, 0.2) is 47.6 Å². The van der Waals surface area contributed by atoms with Gasteiger partial charge in [-0.1, -0.05) is 57.2 Å². The Kier molecular flexibility index (Phi) is 19.4. The second kappa shape index (κ2) is 23.6. The molecule has 2 bridgehead atoms. The summed E-state index contributed by atoms with van der Waals surface area (Å²) in [4.78, 5) is 69.9. The Bertz CT molecular complexity index is 1570. The summed E-state index contributed by atoms with van der Waals surface area (Å²) in [5, 5.41) is 31.4. The first-order valence-electron chi connectivity index (χ1n) is 22.1. The van der Waals surface area contributed by atoms with Gasteiger partial charge in [-0.15, -0.1) is 0 Å². The summed E-state index contributed by atoms with van der Waals surface area (Å²) < 4.78 is 18.2. The number of Topliss-reactive ketones (excluding diaryl/α,β-unsaturated/α-hetero) is 3. The number of hydrogen-bond acceptors (Lipinski definition) is 11. The second-order valence-corrected chi connectivity index (χ2v) is 17.8. The third-order valence-corrected chi connectivity index (χ3v) is 12.9. The van der Waals surface area contributed by atoms with Crippen LogP contribution in [0.5, 0.6) is 0 Å². The van der Waals surface area contributed by atoms with Crippen molar-refractivity contribution in [3.63, 3.8) is 0 Å². The molecule has 0 aromatic rings. The number of amides is 1. The Morgan fingerprint density at radius 2 is 1.54 bits per heavy atom. The van der Waals surface area contributed by atoms with E-state index in [1.54, 1.807) is 27.0 Å². The summed E-state index contributed by atoms with van der Waals surface area (Å²) in [5.74, 6) is -3.15. The molecule has 1 saturated carbocycles. The molecule has 1 amide bonds. The molecule has 4 aliphatic rings. The lowest BCUT2D eigenvalue weighted by atomic mass is 9.82. The van der Waals surface area contributed by atoms with E-state index in [1.807, 2.05) is 51.2 Å². The number of ketones is 3.